The number of ether oxygens (including phenoxy) is 4. The summed E-state index contributed by atoms with van der Waals surface area (Å²) in [7, 11) is 0. The molecule has 4 rings (SSSR count). The molecule has 0 bridgehead atoms. The monoisotopic (exact) mass is 643 g/mol. The SMILES string of the molecule is C.CCC1(C)CC2(OCC(C)(C)CO2)C(C)C(C)(CC)N1O.CCC1(CC)COC2(CC(C)(CC)N(O)C(C)(CC)C2C)OC1. The lowest BCUT2D eigenvalue weighted by Gasteiger charge is -2.63. The molecule has 8 nitrogen and oxygen atoms in total. The van der Waals surface area contributed by atoms with E-state index >= 15 is 0 Å². The Morgan fingerprint density at radius 2 is 0.844 bits per heavy atom. The van der Waals surface area contributed by atoms with E-state index in [1.807, 2.05) is 0 Å². The van der Waals surface area contributed by atoms with E-state index in [9.17, 15) is 10.4 Å². The fourth-order valence-electron chi connectivity index (χ4n) is 8.24. The molecule has 0 aromatic heterocycles. The number of piperidine rings is 2. The van der Waals surface area contributed by atoms with Crippen LogP contribution in [0.5, 0.6) is 0 Å². The summed E-state index contributed by atoms with van der Waals surface area (Å²) < 4.78 is 25.6. The summed E-state index contributed by atoms with van der Waals surface area (Å²) in [5.74, 6) is -0.945. The maximum absolute atomic E-state index is 10.9. The molecular formula is C37H74N2O6. The molecule has 0 saturated carbocycles. The number of hydrogen-bond acceptors (Lipinski definition) is 8. The quantitative estimate of drug-likeness (QED) is 0.297. The molecule has 268 valence electrons. The number of nitrogens with zero attached hydrogens (tertiary/aromatic N) is 2. The van der Waals surface area contributed by atoms with Crippen LogP contribution in [0.25, 0.3) is 0 Å². The topological polar surface area (TPSA) is 83.9 Å². The van der Waals surface area contributed by atoms with Crippen LogP contribution in [0.2, 0.25) is 0 Å². The van der Waals surface area contributed by atoms with Crippen LogP contribution in [-0.4, -0.2) is 80.7 Å². The first kappa shape index (κ1) is 40.9. The summed E-state index contributed by atoms with van der Waals surface area (Å²) in [6.07, 6.45) is 7.04. The van der Waals surface area contributed by atoms with Crippen molar-refractivity contribution in [3.8, 4) is 0 Å². The van der Waals surface area contributed by atoms with Gasteiger partial charge in [0.2, 0.25) is 0 Å². The largest absolute Gasteiger partial charge is 0.349 e. The van der Waals surface area contributed by atoms with E-state index in [0.717, 1.165) is 51.7 Å². The maximum atomic E-state index is 10.9. The molecule has 4 aliphatic rings. The second kappa shape index (κ2) is 13.9. The summed E-state index contributed by atoms with van der Waals surface area (Å²) in [6, 6.07) is 0. The molecule has 4 saturated heterocycles. The molecule has 2 spiro atoms. The number of hydroxylamine groups is 4. The van der Waals surface area contributed by atoms with E-state index < -0.39 is 11.6 Å². The van der Waals surface area contributed by atoms with Crippen LogP contribution in [0.15, 0.2) is 0 Å². The van der Waals surface area contributed by atoms with Gasteiger partial charge in [0, 0.05) is 46.6 Å². The van der Waals surface area contributed by atoms with Crippen molar-refractivity contribution >= 4 is 0 Å². The van der Waals surface area contributed by atoms with Gasteiger partial charge in [-0.25, -0.2) is 0 Å². The first-order chi connectivity index (χ1) is 20.2. The minimum atomic E-state index is -0.581. The highest BCUT2D eigenvalue weighted by molar-refractivity contribution is 5.10. The Labute approximate surface area is 277 Å². The molecule has 4 fully saturated rings. The fraction of sp³-hybridized carbons (Fsp3) is 1.00. The summed E-state index contributed by atoms with van der Waals surface area (Å²) in [5.41, 5.74) is -1.13. The van der Waals surface area contributed by atoms with Crippen molar-refractivity contribution in [2.45, 2.75) is 189 Å². The fourth-order valence-corrected chi connectivity index (χ4v) is 8.24. The van der Waals surface area contributed by atoms with Gasteiger partial charge in [-0.2, -0.15) is 10.1 Å². The van der Waals surface area contributed by atoms with Crippen molar-refractivity contribution < 1.29 is 29.4 Å². The lowest BCUT2D eigenvalue weighted by Crippen LogP contribution is -2.73. The summed E-state index contributed by atoms with van der Waals surface area (Å²) in [6.45, 7) is 33.1. The number of rotatable bonds is 6. The lowest BCUT2D eigenvalue weighted by atomic mass is 9.66. The second-order valence-electron chi connectivity index (χ2n) is 16.7. The van der Waals surface area contributed by atoms with Crippen LogP contribution in [0.1, 0.15) is 156 Å². The number of hydrogen-bond donors (Lipinski definition) is 2. The Kier molecular flexibility index (Phi) is 12.6. The first-order valence-electron chi connectivity index (χ1n) is 17.8. The molecule has 2 N–H and O–H groups in total. The zero-order valence-corrected chi connectivity index (χ0v) is 31.1. The summed E-state index contributed by atoms with van der Waals surface area (Å²) in [5, 5.41) is 25.0. The predicted molar refractivity (Wildman–Crippen MR) is 182 cm³/mol. The molecule has 6 unspecified atom stereocenters. The van der Waals surface area contributed by atoms with Gasteiger partial charge in [0.25, 0.3) is 0 Å². The molecule has 4 heterocycles. The third kappa shape index (κ3) is 6.79. The van der Waals surface area contributed by atoms with Crippen molar-refractivity contribution in [2.24, 2.45) is 22.7 Å². The highest BCUT2D eigenvalue weighted by Crippen LogP contribution is 2.55. The Bertz CT molecular complexity index is 953. The van der Waals surface area contributed by atoms with Crippen molar-refractivity contribution in [1.82, 2.24) is 10.1 Å². The molecule has 0 aromatic carbocycles. The zero-order valence-electron chi connectivity index (χ0n) is 31.1. The highest BCUT2D eigenvalue weighted by atomic mass is 16.7. The standard InChI is InChI=1S/C19H37NO3.C17H33NO3.CH4/c1-8-16(6)12-19(15(5)17(7,9-2)20(16)21)22-13-18(10-3,11-4)14-23-19;1-8-15(6)10-17(20-11-14(4,5)12-21-17)13(3)16(7,9-2)18(15)19;/h15,21H,8-14H2,1-7H3;13,19H,8-12H2,1-7H3;1H4. The Morgan fingerprint density at radius 1 is 0.533 bits per heavy atom. The first-order valence-corrected chi connectivity index (χ1v) is 17.8. The van der Waals surface area contributed by atoms with E-state index in [2.05, 4.69) is 96.9 Å². The third-order valence-electron chi connectivity index (χ3n) is 13.5. The molecule has 45 heavy (non-hydrogen) atoms. The van der Waals surface area contributed by atoms with Gasteiger partial charge in [-0.15, -0.1) is 0 Å². The smallest absolute Gasteiger partial charge is 0.174 e. The minimum absolute atomic E-state index is 0. The van der Waals surface area contributed by atoms with E-state index in [1.165, 1.54) is 0 Å². The van der Waals surface area contributed by atoms with Crippen molar-refractivity contribution in [3.05, 3.63) is 0 Å². The summed E-state index contributed by atoms with van der Waals surface area (Å²) >= 11 is 0. The average molecular weight is 643 g/mol. The van der Waals surface area contributed by atoms with Gasteiger partial charge in [0.1, 0.15) is 0 Å². The molecule has 0 radical (unpaired) electrons. The normalized spacial score (nSPS) is 40.8. The Balaban J connectivity index is 0.000000308. The van der Waals surface area contributed by atoms with Crippen LogP contribution in [0.4, 0.5) is 0 Å². The van der Waals surface area contributed by atoms with Crippen LogP contribution in [-0.2, 0) is 18.9 Å². The van der Waals surface area contributed by atoms with Crippen molar-refractivity contribution in [3.63, 3.8) is 0 Å². The molecule has 0 aliphatic carbocycles. The van der Waals surface area contributed by atoms with Gasteiger partial charge in [0.05, 0.1) is 37.5 Å². The van der Waals surface area contributed by atoms with Gasteiger partial charge >= 0.3 is 0 Å². The molecule has 4 aliphatic heterocycles. The van der Waals surface area contributed by atoms with Crippen LogP contribution >= 0.6 is 0 Å². The van der Waals surface area contributed by atoms with Crippen molar-refractivity contribution in [2.75, 3.05) is 26.4 Å². The van der Waals surface area contributed by atoms with E-state index in [0.29, 0.717) is 26.1 Å². The third-order valence-corrected chi connectivity index (χ3v) is 13.5. The average Bonchev–Trinajstić information content (AvgIpc) is 3.03. The predicted octanol–water partition coefficient (Wildman–Crippen LogP) is 9.06. The van der Waals surface area contributed by atoms with Gasteiger partial charge in [-0.3, -0.25) is 0 Å². The van der Waals surface area contributed by atoms with E-state index in [1.54, 1.807) is 10.1 Å². The highest BCUT2D eigenvalue weighted by Gasteiger charge is 2.64. The summed E-state index contributed by atoms with van der Waals surface area (Å²) in [4.78, 5) is 0. The Hall–Kier alpha value is -0.320. The molecule has 0 amide bonds. The van der Waals surface area contributed by atoms with Gasteiger partial charge < -0.3 is 29.4 Å². The van der Waals surface area contributed by atoms with Crippen LogP contribution < -0.4 is 0 Å². The van der Waals surface area contributed by atoms with Gasteiger partial charge in [-0.05, 0) is 66.2 Å². The molecule has 0 aromatic rings. The lowest BCUT2D eigenvalue weighted by molar-refractivity contribution is -0.401. The van der Waals surface area contributed by atoms with Gasteiger partial charge in [-0.1, -0.05) is 76.7 Å². The van der Waals surface area contributed by atoms with Gasteiger partial charge in [0.15, 0.2) is 11.6 Å². The molecule has 6 atom stereocenters. The van der Waals surface area contributed by atoms with Crippen molar-refractivity contribution in [1.29, 1.82) is 0 Å². The molecular weight excluding hydrogens is 568 g/mol. The van der Waals surface area contributed by atoms with E-state index in [4.69, 9.17) is 18.9 Å². The van der Waals surface area contributed by atoms with Crippen LogP contribution in [0, 0.1) is 22.7 Å². The zero-order chi connectivity index (χ0) is 33.6. The van der Waals surface area contributed by atoms with Crippen LogP contribution in [0.3, 0.4) is 0 Å². The second-order valence-corrected chi connectivity index (χ2v) is 16.7. The Morgan fingerprint density at radius 3 is 1.11 bits per heavy atom. The minimum Gasteiger partial charge on any atom is -0.349 e. The maximum Gasteiger partial charge on any atom is 0.174 e. The van der Waals surface area contributed by atoms with E-state index in [-0.39, 0.29) is 52.2 Å². The molecule has 8 heteroatoms.